The predicted molar refractivity (Wildman–Crippen MR) is 81.9 cm³/mol. The largest absolute Gasteiger partial charge is 0.269 e. The molecule has 0 atom stereocenters. The van der Waals surface area contributed by atoms with Gasteiger partial charge in [-0.2, -0.15) is 5.10 Å². The van der Waals surface area contributed by atoms with Crippen LogP contribution < -0.4 is 0 Å². The molecule has 21 heavy (non-hydrogen) atoms. The highest BCUT2D eigenvalue weighted by Gasteiger charge is 2.41. The van der Waals surface area contributed by atoms with E-state index in [4.69, 9.17) is 0 Å². The fourth-order valence-corrected chi connectivity index (χ4v) is 4.21. The van der Waals surface area contributed by atoms with Crippen molar-refractivity contribution < 1.29 is 13.2 Å². The SMILES string of the molecule is CCn1ncnc1CN1C(=O)c2cc(I)ccc2S1(=O)=O. The smallest absolute Gasteiger partial charge is 0.268 e. The number of fused-ring (bicyclic) bond motifs is 1. The minimum absolute atomic E-state index is 0.0514. The van der Waals surface area contributed by atoms with E-state index in [1.54, 1.807) is 16.8 Å². The third-order valence-corrected chi connectivity index (χ3v) is 5.70. The van der Waals surface area contributed by atoms with Gasteiger partial charge in [0, 0.05) is 10.1 Å². The number of aromatic nitrogens is 3. The lowest BCUT2D eigenvalue weighted by molar-refractivity contribution is 0.0861. The summed E-state index contributed by atoms with van der Waals surface area (Å²) in [6.07, 6.45) is 1.35. The number of nitrogens with zero attached hydrogens (tertiary/aromatic N) is 4. The van der Waals surface area contributed by atoms with Crippen LogP contribution >= 0.6 is 22.6 Å². The van der Waals surface area contributed by atoms with Gasteiger partial charge in [0.25, 0.3) is 15.9 Å². The third kappa shape index (κ3) is 2.24. The Morgan fingerprint density at radius 2 is 2.10 bits per heavy atom. The number of rotatable bonds is 3. The summed E-state index contributed by atoms with van der Waals surface area (Å²) in [5, 5.41) is 3.98. The Hall–Kier alpha value is -1.49. The number of amides is 1. The fraction of sp³-hybridized carbons (Fsp3) is 0.250. The van der Waals surface area contributed by atoms with E-state index in [1.807, 2.05) is 29.5 Å². The number of hydrogen-bond acceptors (Lipinski definition) is 5. The zero-order chi connectivity index (χ0) is 15.2. The van der Waals surface area contributed by atoms with Crippen LogP contribution in [0.1, 0.15) is 23.1 Å². The lowest BCUT2D eigenvalue weighted by Gasteiger charge is -2.14. The fourth-order valence-electron chi connectivity index (χ4n) is 2.22. The maximum atomic E-state index is 12.5. The number of carbonyl (C=O) groups is 1. The van der Waals surface area contributed by atoms with E-state index < -0.39 is 15.9 Å². The predicted octanol–water partition coefficient (Wildman–Crippen LogP) is 1.25. The molecule has 1 amide bonds. The Morgan fingerprint density at radius 3 is 2.81 bits per heavy atom. The number of aryl methyl sites for hydroxylation is 1. The summed E-state index contributed by atoms with van der Waals surface area (Å²) in [7, 11) is -3.81. The topological polar surface area (TPSA) is 85.2 Å². The van der Waals surface area contributed by atoms with Crippen molar-refractivity contribution in [2.75, 3.05) is 0 Å². The third-order valence-electron chi connectivity index (χ3n) is 3.25. The maximum absolute atomic E-state index is 12.5. The van der Waals surface area contributed by atoms with Crippen molar-refractivity contribution in [2.45, 2.75) is 24.9 Å². The summed E-state index contributed by atoms with van der Waals surface area (Å²) in [5.74, 6) is -0.0777. The van der Waals surface area contributed by atoms with Crippen molar-refractivity contribution in [2.24, 2.45) is 0 Å². The molecule has 110 valence electrons. The summed E-state index contributed by atoms with van der Waals surface area (Å²) < 4.78 is 28.2. The highest BCUT2D eigenvalue weighted by Crippen LogP contribution is 2.32. The number of halogens is 1. The van der Waals surface area contributed by atoms with Gasteiger partial charge in [-0.3, -0.25) is 4.79 Å². The van der Waals surface area contributed by atoms with Gasteiger partial charge in [0.15, 0.2) is 0 Å². The van der Waals surface area contributed by atoms with Gasteiger partial charge in [-0.15, -0.1) is 0 Å². The van der Waals surface area contributed by atoms with Crippen molar-refractivity contribution in [3.8, 4) is 0 Å². The van der Waals surface area contributed by atoms with Crippen LogP contribution in [0.15, 0.2) is 29.4 Å². The second kappa shape index (κ2) is 5.05. The zero-order valence-electron chi connectivity index (χ0n) is 11.0. The van der Waals surface area contributed by atoms with E-state index >= 15 is 0 Å². The summed E-state index contributed by atoms with van der Waals surface area (Å²) in [5.41, 5.74) is 0.212. The van der Waals surface area contributed by atoms with Crippen LogP contribution in [0.2, 0.25) is 0 Å². The molecule has 2 heterocycles. The van der Waals surface area contributed by atoms with Gasteiger partial charge >= 0.3 is 0 Å². The average molecular weight is 418 g/mol. The molecule has 1 aromatic heterocycles. The Labute approximate surface area is 135 Å². The van der Waals surface area contributed by atoms with Crippen molar-refractivity contribution in [1.29, 1.82) is 0 Å². The molecule has 1 aromatic carbocycles. The Balaban J connectivity index is 2.04. The Kier molecular flexibility index (Phi) is 3.48. The van der Waals surface area contributed by atoms with Gasteiger partial charge in [-0.1, -0.05) is 0 Å². The standard InChI is InChI=1S/C12H11IN4O3S/c1-2-16-11(14-7-15-16)6-17-12(18)9-5-8(13)3-4-10(9)21(17,19)20/h3-5,7H,2,6H2,1H3. The molecule has 0 aliphatic carbocycles. The van der Waals surface area contributed by atoms with Crippen LogP contribution in [0.4, 0.5) is 0 Å². The molecule has 3 rings (SSSR count). The van der Waals surface area contributed by atoms with E-state index in [0.717, 1.165) is 7.88 Å². The molecule has 0 bridgehead atoms. The molecule has 7 nitrogen and oxygen atoms in total. The zero-order valence-corrected chi connectivity index (χ0v) is 14.0. The second-order valence-corrected chi connectivity index (χ2v) is 7.53. The summed E-state index contributed by atoms with van der Waals surface area (Å²) in [6, 6.07) is 4.72. The second-order valence-electron chi connectivity index (χ2n) is 4.45. The van der Waals surface area contributed by atoms with E-state index in [-0.39, 0.29) is 17.0 Å². The molecule has 2 aromatic rings. The summed E-state index contributed by atoms with van der Waals surface area (Å²) in [4.78, 5) is 16.5. The van der Waals surface area contributed by atoms with Crippen molar-refractivity contribution in [3.05, 3.63) is 39.5 Å². The first kappa shape index (κ1) is 14.4. The van der Waals surface area contributed by atoms with E-state index in [1.165, 1.54) is 12.4 Å². The van der Waals surface area contributed by atoms with Gasteiger partial charge < -0.3 is 0 Å². The molecule has 0 radical (unpaired) electrons. The van der Waals surface area contributed by atoms with Gasteiger partial charge in [0.2, 0.25) is 0 Å². The molecule has 9 heteroatoms. The number of hydrogen-bond donors (Lipinski definition) is 0. The molecule has 0 fully saturated rings. The Morgan fingerprint density at radius 1 is 1.33 bits per heavy atom. The van der Waals surface area contributed by atoms with E-state index in [2.05, 4.69) is 10.1 Å². The normalized spacial score (nSPS) is 16.3. The molecule has 1 aliphatic heterocycles. The number of sulfonamides is 1. The monoisotopic (exact) mass is 418 g/mol. The molecular weight excluding hydrogens is 407 g/mol. The summed E-state index contributed by atoms with van der Waals surface area (Å²) >= 11 is 2.04. The average Bonchev–Trinajstić information content (AvgIpc) is 2.96. The van der Waals surface area contributed by atoms with Crippen LogP contribution in [0.3, 0.4) is 0 Å². The molecule has 0 saturated heterocycles. The molecule has 0 spiro atoms. The quantitative estimate of drug-likeness (QED) is 0.701. The van der Waals surface area contributed by atoms with E-state index in [0.29, 0.717) is 12.4 Å². The van der Waals surface area contributed by atoms with Crippen LogP contribution in [0, 0.1) is 3.57 Å². The maximum Gasteiger partial charge on any atom is 0.269 e. The van der Waals surface area contributed by atoms with Crippen LogP contribution in [-0.2, 0) is 23.1 Å². The van der Waals surface area contributed by atoms with Crippen molar-refractivity contribution in [3.63, 3.8) is 0 Å². The minimum atomic E-state index is -3.81. The molecule has 0 N–H and O–H groups in total. The van der Waals surface area contributed by atoms with Gasteiger partial charge in [-0.25, -0.2) is 22.4 Å². The van der Waals surface area contributed by atoms with Crippen LogP contribution in [-0.4, -0.2) is 33.4 Å². The Bertz CT molecular complexity index is 831. The first-order valence-corrected chi connectivity index (χ1v) is 8.70. The first-order valence-electron chi connectivity index (χ1n) is 6.18. The molecule has 0 saturated carbocycles. The van der Waals surface area contributed by atoms with Gasteiger partial charge in [-0.05, 0) is 47.7 Å². The van der Waals surface area contributed by atoms with Crippen LogP contribution in [0.25, 0.3) is 0 Å². The van der Waals surface area contributed by atoms with E-state index in [9.17, 15) is 13.2 Å². The minimum Gasteiger partial charge on any atom is -0.268 e. The first-order chi connectivity index (χ1) is 9.95. The van der Waals surface area contributed by atoms with Crippen LogP contribution in [0.5, 0.6) is 0 Å². The summed E-state index contributed by atoms with van der Waals surface area (Å²) in [6.45, 7) is 2.32. The highest BCUT2D eigenvalue weighted by molar-refractivity contribution is 14.1. The number of carbonyl (C=O) groups excluding carboxylic acids is 1. The molecule has 0 unspecified atom stereocenters. The van der Waals surface area contributed by atoms with Gasteiger partial charge in [0.1, 0.15) is 17.0 Å². The highest BCUT2D eigenvalue weighted by atomic mass is 127. The van der Waals surface area contributed by atoms with Crippen molar-refractivity contribution >= 4 is 38.5 Å². The lowest BCUT2D eigenvalue weighted by atomic mass is 10.2. The number of benzene rings is 1. The van der Waals surface area contributed by atoms with Gasteiger partial charge in [0.05, 0.1) is 12.1 Å². The van der Waals surface area contributed by atoms with Crippen molar-refractivity contribution in [1.82, 2.24) is 19.1 Å². The molecule has 1 aliphatic rings. The lowest BCUT2D eigenvalue weighted by Crippen LogP contribution is -2.30. The molecular formula is C12H11IN4O3S.